The third-order valence-corrected chi connectivity index (χ3v) is 24.7. The molecule has 117 heavy (non-hydrogen) atoms. The van der Waals surface area contributed by atoms with E-state index in [-0.39, 0.29) is 5.82 Å². The molecule has 26 nitrogen and oxygen atoms in total. The van der Waals surface area contributed by atoms with Crippen LogP contribution in [0.25, 0.3) is 134 Å². The minimum absolute atomic E-state index is 0.251. The second kappa shape index (κ2) is 28.8. The standard InChI is InChI=1S/C19H19N5.C18H16FN5.2C18H17N5.C17H16N6/c1-11-5-6-14-13(9-11)10-15(22-14)16-17-18(20)21-7-8-24(17)19(23-16)12-3-2-4-12;19-12-4-5-13-11(8-12)9-14(22-13)15-16-17(20)21-6-7-24(16)18(23-15)10-2-1-3-10;19-17-16-15(14-8-7-11-3-1-6-13(11)9-14)22-18(12-4-2-5-12)23(16)21-10-20-17;19-17-16-15(14-10-12-4-1-2-7-13(12)21-14)22-18(11-5-3-6-11)23(16)9-8-20-17;18-16-15-14(12-5-4-10-6-7-19-13(10)8-12)22-17(11-2-1-3-11)23(15)21-9-20-16/h5-10,12,22H,2-4H2,1H3,(H2,20,21);4-10,22H,1-3H2,(H2,20,21);1,6-10,12H,2-5H2,(H2,19,20,21);1-2,4,7-11,21H,3,5-6H2,(H2,19,20);4-9,11,19H,1-3H2,(H2,18,20,21). The number of halogens is 1. The maximum Gasteiger partial charge on any atom is 0.153 e. The molecule has 19 aromatic rings. The van der Waals surface area contributed by atoms with Gasteiger partial charge in [0.1, 0.15) is 121 Å². The van der Waals surface area contributed by atoms with Gasteiger partial charge in [-0.05, 0) is 167 Å². The monoisotopic (exact) mass is 1550 g/mol. The van der Waals surface area contributed by atoms with Crippen LogP contribution in [0.1, 0.15) is 172 Å². The second-order valence-electron chi connectivity index (χ2n) is 31.9. The summed E-state index contributed by atoms with van der Waals surface area (Å²) in [5.41, 5.74) is 52.4. The van der Waals surface area contributed by atoms with Crippen LogP contribution in [0.5, 0.6) is 0 Å². The quantitative estimate of drug-likeness (QED) is 0.0614. The Kier molecular flexibility index (Phi) is 17.4. The summed E-state index contributed by atoms with van der Waals surface area (Å²) in [6.45, 7) is 2.11. The number of imidazole rings is 5. The molecule has 27 heteroatoms. The number of benzene rings is 5. The molecule has 14 heterocycles. The number of nitrogen functional groups attached to an aromatic ring is 5. The third kappa shape index (κ3) is 12.5. The summed E-state index contributed by atoms with van der Waals surface area (Å²) in [4.78, 5) is 59.2. The Morgan fingerprint density at radius 2 is 0.821 bits per heavy atom. The first kappa shape index (κ1) is 70.7. The van der Waals surface area contributed by atoms with Crippen LogP contribution in [0.3, 0.4) is 0 Å². The molecule has 0 amide bonds. The van der Waals surface area contributed by atoms with Crippen LogP contribution in [0.2, 0.25) is 0 Å². The number of rotatable bonds is 10. The van der Waals surface area contributed by atoms with E-state index in [1.165, 1.54) is 128 Å². The molecule has 0 spiro atoms. The molecule has 5 fully saturated rings. The van der Waals surface area contributed by atoms with Crippen LogP contribution < -0.4 is 28.7 Å². The summed E-state index contributed by atoms with van der Waals surface area (Å²) in [7, 11) is 0. The molecule has 0 atom stereocenters. The molecule has 0 radical (unpaired) electrons. The highest BCUT2D eigenvalue weighted by Gasteiger charge is 2.33. The number of H-pyrrole nitrogens is 4. The number of para-hydroxylation sites is 1. The summed E-state index contributed by atoms with van der Waals surface area (Å²) in [6.07, 6.45) is 39.5. The Hall–Kier alpha value is -14.1. The summed E-state index contributed by atoms with van der Waals surface area (Å²) in [5.74, 6) is 9.97. The van der Waals surface area contributed by atoms with Crippen LogP contribution in [0, 0.1) is 12.7 Å². The molecule has 5 aromatic carbocycles. The van der Waals surface area contributed by atoms with Gasteiger partial charge in [0.15, 0.2) is 11.6 Å². The number of nitrogens with one attached hydrogen (secondary N) is 4. The van der Waals surface area contributed by atoms with Crippen LogP contribution in [-0.4, -0.2) is 102 Å². The first-order valence-electron chi connectivity index (χ1n) is 40.5. The molecular formula is C90H85FN26. The highest BCUT2D eigenvalue weighted by atomic mass is 19.1. The third-order valence-electron chi connectivity index (χ3n) is 24.7. The lowest BCUT2D eigenvalue weighted by atomic mass is 9.85. The summed E-state index contributed by atoms with van der Waals surface area (Å²) in [6, 6.07) is 40.4. The number of allylic oxidation sites excluding steroid dienone is 1. The predicted molar refractivity (Wildman–Crippen MR) is 458 cm³/mol. The fourth-order valence-corrected chi connectivity index (χ4v) is 17.3. The maximum absolute atomic E-state index is 13.5. The molecule has 0 unspecified atom stereocenters. The number of hydrogen-bond acceptors (Lipinski definition) is 17. The van der Waals surface area contributed by atoms with Crippen molar-refractivity contribution in [2.75, 3.05) is 28.7 Å². The minimum atomic E-state index is -0.251. The van der Waals surface area contributed by atoms with Gasteiger partial charge in [0.25, 0.3) is 0 Å². The zero-order chi connectivity index (χ0) is 78.7. The molecule has 0 saturated heterocycles. The summed E-state index contributed by atoms with van der Waals surface area (Å²) in [5, 5.41) is 13.2. The van der Waals surface area contributed by atoms with Crippen molar-refractivity contribution in [1.82, 2.24) is 102 Å². The van der Waals surface area contributed by atoms with E-state index >= 15 is 0 Å². The number of aromatic amines is 4. The van der Waals surface area contributed by atoms with Crippen LogP contribution in [0.15, 0.2) is 183 Å². The van der Waals surface area contributed by atoms with Crippen molar-refractivity contribution < 1.29 is 4.39 Å². The Labute approximate surface area is 669 Å². The molecule has 5 saturated carbocycles. The van der Waals surface area contributed by atoms with Gasteiger partial charge >= 0.3 is 0 Å². The van der Waals surface area contributed by atoms with Crippen molar-refractivity contribution in [3.05, 3.63) is 235 Å². The highest BCUT2D eigenvalue weighted by Crippen LogP contribution is 2.46. The molecule has 14 N–H and O–H groups in total. The van der Waals surface area contributed by atoms with Gasteiger partial charge in [0.2, 0.25) is 0 Å². The molecule has 25 rings (SSSR count). The van der Waals surface area contributed by atoms with Crippen molar-refractivity contribution in [2.45, 2.75) is 139 Å². The van der Waals surface area contributed by atoms with Gasteiger partial charge in [0.05, 0.1) is 17.1 Å². The molecule has 0 aliphatic heterocycles. The SMILES string of the molecule is Cc1ccc2[nH]c(-c3nc(C4CCC4)n4ccnc(N)c34)cc2c1.Nc1nccn2c(C3CCC3)nc(-c3cc4cc(F)ccc4[nH]3)c12.Nc1nccn2c(C3CCC3)nc(-c3cc4ccccc4[nH]3)c12.Nc1ncnn2c(C3CCC3)nc(-c3ccc4c(c3)C=CC4)c12.Nc1ncnn2c(C3CCC3)nc(-c3ccc4cc[nH]c4c3)c12. The van der Waals surface area contributed by atoms with Gasteiger partial charge in [-0.1, -0.05) is 98.4 Å². The zero-order valence-corrected chi connectivity index (χ0v) is 64.5. The molecule has 6 aliphatic carbocycles. The lowest BCUT2D eigenvalue weighted by molar-refractivity contribution is 0.396. The number of fused-ring (bicyclic) bond motifs is 10. The van der Waals surface area contributed by atoms with E-state index in [2.05, 4.69) is 168 Å². The fourth-order valence-electron chi connectivity index (χ4n) is 17.3. The van der Waals surface area contributed by atoms with E-state index in [0.29, 0.717) is 58.7 Å². The molecule has 14 aromatic heterocycles. The Morgan fingerprint density at radius 3 is 1.32 bits per heavy atom. The molecular weight excluding hydrogens is 1460 g/mol. The smallest absolute Gasteiger partial charge is 0.153 e. The summed E-state index contributed by atoms with van der Waals surface area (Å²) >= 11 is 0. The second-order valence-corrected chi connectivity index (χ2v) is 31.9. The fraction of sp³-hybridized carbons (Fsp3) is 0.244. The van der Waals surface area contributed by atoms with E-state index in [1.54, 1.807) is 24.7 Å². The average Bonchev–Trinajstić information content (AvgIpc) is 1.62. The predicted octanol–water partition coefficient (Wildman–Crippen LogP) is 18.0. The highest BCUT2D eigenvalue weighted by molar-refractivity contribution is 5.96. The number of nitrogens with zero attached hydrogens (tertiary/aromatic N) is 17. The van der Waals surface area contributed by atoms with Gasteiger partial charge in [-0.15, -0.1) is 0 Å². The van der Waals surface area contributed by atoms with Crippen LogP contribution in [-0.2, 0) is 6.42 Å². The van der Waals surface area contributed by atoms with Crippen molar-refractivity contribution in [2.24, 2.45) is 0 Å². The number of aryl methyl sites for hydroxylation is 1. The van der Waals surface area contributed by atoms with Crippen molar-refractivity contribution in [1.29, 1.82) is 0 Å². The van der Waals surface area contributed by atoms with Gasteiger partial charge in [0, 0.05) is 122 Å². The number of anilines is 5. The maximum atomic E-state index is 13.5. The Morgan fingerprint density at radius 1 is 0.385 bits per heavy atom. The normalized spacial score (nSPS) is 15.5. The van der Waals surface area contributed by atoms with Gasteiger partial charge < -0.3 is 48.6 Å². The number of hydrogen-bond donors (Lipinski definition) is 9. The van der Waals surface area contributed by atoms with E-state index in [1.807, 2.05) is 56.4 Å². The van der Waals surface area contributed by atoms with Crippen molar-refractivity contribution >= 4 is 106 Å². The number of aromatic nitrogens is 21. The average molecular weight is 1550 g/mol. The zero-order valence-electron chi connectivity index (χ0n) is 64.5. The van der Waals surface area contributed by atoms with Crippen molar-refractivity contribution in [3.8, 4) is 56.7 Å². The van der Waals surface area contributed by atoms with E-state index in [0.717, 1.165) is 173 Å². The van der Waals surface area contributed by atoms with E-state index < -0.39 is 0 Å². The largest absolute Gasteiger partial charge is 0.382 e. The molecule has 6 aliphatic rings. The molecule has 0 bridgehead atoms. The first-order valence-corrected chi connectivity index (χ1v) is 40.5. The van der Waals surface area contributed by atoms with Gasteiger partial charge in [-0.3, -0.25) is 13.2 Å². The van der Waals surface area contributed by atoms with E-state index in [9.17, 15) is 4.39 Å². The van der Waals surface area contributed by atoms with Gasteiger partial charge in [-0.2, -0.15) is 10.2 Å². The molecule has 582 valence electrons. The van der Waals surface area contributed by atoms with Gasteiger partial charge in [-0.25, -0.2) is 63.3 Å². The minimum Gasteiger partial charge on any atom is -0.382 e. The van der Waals surface area contributed by atoms with Crippen LogP contribution in [0.4, 0.5) is 33.5 Å². The summed E-state index contributed by atoms with van der Waals surface area (Å²) < 4.78 is 23.5. The number of nitrogens with two attached hydrogens (primary N) is 5. The van der Waals surface area contributed by atoms with Crippen LogP contribution >= 0.6 is 0 Å². The Balaban J connectivity index is 0.0000000912. The lowest BCUT2D eigenvalue weighted by Crippen LogP contribution is -2.14. The topological polar surface area (TPSA) is 370 Å². The van der Waals surface area contributed by atoms with Crippen molar-refractivity contribution in [3.63, 3.8) is 0 Å². The van der Waals surface area contributed by atoms with E-state index in [4.69, 9.17) is 53.6 Å². The Bertz CT molecular complexity index is 6790. The first-order chi connectivity index (χ1) is 57.3. The lowest BCUT2D eigenvalue weighted by Gasteiger charge is -2.23.